The number of aromatic nitrogens is 1. The third-order valence-electron chi connectivity index (χ3n) is 2.76. The van der Waals surface area contributed by atoms with Crippen LogP contribution in [0.1, 0.15) is 15.9 Å². The normalized spacial score (nSPS) is 11.1. The molecule has 0 aliphatic rings. The first-order valence-corrected chi connectivity index (χ1v) is 7.28. The second kappa shape index (κ2) is 5.40. The summed E-state index contributed by atoms with van der Waals surface area (Å²) < 4.78 is 22.8. The fourth-order valence-corrected chi connectivity index (χ4v) is 2.55. The molecule has 20 heavy (non-hydrogen) atoms. The minimum Gasteiger partial charge on any atom is -0.322 e. The van der Waals surface area contributed by atoms with Gasteiger partial charge in [0.15, 0.2) is 0 Å². The van der Waals surface area contributed by atoms with Gasteiger partial charge in [0.2, 0.25) is 10.0 Å². The van der Waals surface area contributed by atoms with Gasteiger partial charge < -0.3 is 5.32 Å². The van der Waals surface area contributed by atoms with Gasteiger partial charge in [-0.05, 0) is 36.8 Å². The van der Waals surface area contributed by atoms with Crippen molar-refractivity contribution in [1.82, 2.24) is 4.98 Å². The minimum absolute atomic E-state index is 0.0125. The summed E-state index contributed by atoms with van der Waals surface area (Å²) in [6.45, 7) is 1.58. The van der Waals surface area contributed by atoms with Crippen molar-refractivity contribution in [3.8, 4) is 0 Å². The predicted molar refractivity (Wildman–Crippen MR) is 74.7 cm³/mol. The number of carbonyl (C=O) groups is 1. The molecular formula is C13H13N3O3S. The average Bonchev–Trinajstić information content (AvgIpc) is 2.40. The lowest BCUT2D eigenvalue weighted by Crippen LogP contribution is -2.17. The maximum atomic E-state index is 12.0. The SMILES string of the molecule is Cc1c(NC(=O)c2cccnc2)cccc1S(N)(=O)=O. The Kier molecular flexibility index (Phi) is 3.82. The molecule has 1 amide bonds. The second-order valence-corrected chi connectivity index (χ2v) is 5.70. The van der Waals surface area contributed by atoms with Crippen molar-refractivity contribution in [3.05, 3.63) is 53.9 Å². The number of anilines is 1. The summed E-state index contributed by atoms with van der Waals surface area (Å²) in [4.78, 5) is 15.8. The minimum atomic E-state index is -3.82. The zero-order chi connectivity index (χ0) is 14.8. The van der Waals surface area contributed by atoms with E-state index in [-0.39, 0.29) is 10.8 Å². The summed E-state index contributed by atoms with van der Waals surface area (Å²) in [5.41, 5.74) is 1.17. The van der Waals surface area contributed by atoms with Crippen LogP contribution in [0.25, 0.3) is 0 Å². The van der Waals surface area contributed by atoms with Crippen LogP contribution in [0, 0.1) is 6.92 Å². The molecule has 0 bridgehead atoms. The topological polar surface area (TPSA) is 102 Å². The molecule has 6 nitrogen and oxygen atoms in total. The van der Waals surface area contributed by atoms with E-state index in [1.165, 1.54) is 18.3 Å². The lowest BCUT2D eigenvalue weighted by molar-refractivity contribution is 0.102. The van der Waals surface area contributed by atoms with Crippen molar-refractivity contribution in [2.24, 2.45) is 5.14 Å². The molecule has 0 aliphatic heterocycles. The fraction of sp³-hybridized carbons (Fsp3) is 0.0769. The number of sulfonamides is 1. The summed E-state index contributed by atoms with van der Waals surface area (Å²) >= 11 is 0. The van der Waals surface area contributed by atoms with Gasteiger partial charge in [-0.1, -0.05) is 6.07 Å². The number of amides is 1. The van der Waals surface area contributed by atoms with E-state index in [2.05, 4.69) is 10.3 Å². The molecular weight excluding hydrogens is 278 g/mol. The molecule has 1 aromatic carbocycles. The number of nitrogens with one attached hydrogen (secondary N) is 1. The molecule has 3 N–H and O–H groups in total. The highest BCUT2D eigenvalue weighted by molar-refractivity contribution is 7.89. The first kappa shape index (κ1) is 14.2. The van der Waals surface area contributed by atoms with Gasteiger partial charge in [0, 0.05) is 18.1 Å². The van der Waals surface area contributed by atoms with Crippen molar-refractivity contribution in [1.29, 1.82) is 0 Å². The molecule has 1 heterocycles. The molecule has 2 rings (SSSR count). The number of hydrogen-bond donors (Lipinski definition) is 2. The van der Waals surface area contributed by atoms with Gasteiger partial charge in [0.25, 0.3) is 5.91 Å². The molecule has 2 aromatic rings. The van der Waals surface area contributed by atoms with Crippen LogP contribution in [0.2, 0.25) is 0 Å². The highest BCUT2D eigenvalue weighted by Crippen LogP contribution is 2.22. The van der Waals surface area contributed by atoms with Crippen molar-refractivity contribution in [2.75, 3.05) is 5.32 Å². The Morgan fingerprint density at radius 2 is 2.00 bits per heavy atom. The zero-order valence-electron chi connectivity index (χ0n) is 10.7. The number of nitrogens with two attached hydrogens (primary N) is 1. The van der Waals surface area contributed by atoms with Gasteiger partial charge in [-0.2, -0.15) is 0 Å². The van der Waals surface area contributed by atoms with Crippen molar-refractivity contribution >= 4 is 21.6 Å². The van der Waals surface area contributed by atoms with Crippen molar-refractivity contribution in [2.45, 2.75) is 11.8 Å². The number of primary sulfonamides is 1. The quantitative estimate of drug-likeness (QED) is 0.889. The molecule has 0 fully saturated rings. The van der Waals surface area contributed by atoms with Gasteiger partial charge in [-0.3, -0.25) is 9.78 Å². The van der Waals surface area contributed by atoms with Gasteiger partial charge in [0.1, 0.15) is 0 Å². The molecule has 104 valence electrons. The van der Waals surface area contributed by atoms with Gasteiger partial charge >= 0.3 is 0 Å². The van der Waals surface area contributed by atoms with E-state index < -0.39 is 10.0 Å². The van der Waals surface area contributed by atoms with E-state index in [1.54, 1.807) is 31.3 Å². The van der Waals surface area contributed by atoms with Crippen LogP contribution in [0.5, 0.6) is 0 Å². The molecule has 7 heteroatoms. The second-order valence-electron chi connectivity index (χ2n) is 4.17. The number of nitrogens with zero attached hydrogens (tertiary/aromatic N) is 1. The Balaban J connectivity index is 2.34. The Morgan fingerprint density at radius 1 is 1.25 bits per heavy atom. The van der Waals surface area contributed by atoms with E-state index in [0.29, 0.717) is 16.8 Å². The van der Waals surface area contributed by atoms with E-state index in [1.807, 2.05) is 0 Å². The largest absolute Gasteiger partial charge is 0.322 e. The van der Waals surface area contributed by atoms with Gasteiger partial charge in [0.05, 0.1) is 10.5 Å². The molecule has 0 saturated carbocycles. The zero-order valence-corrected chi connectivity index (χ0v) is 11.5. The Bertz CT molecular complexity index is 743. The maximum Gasteiger partial charge on any atom is 0.257 e. The average molecular weight is 291 g/mol. The summed E-state index contributed by atoms with van der Waals surface area (Å²) in [5, 5.41) is 7.76. The Morgan fingerprint density at radius 3 is 2.60 bits per heavy atom. The molecule has 0 atom stereocenters. The van der Waals surface area contributed by atoms with E-state index >= 15 is 0 Å². The number of pyridine rings is 1. The Hall–Kier alpha value is -2.25. The van der Waals surface area contributed by atoms with Gasteiger partial charge in [-0.25, -0.2) is 13.6 Å². The van der Waals surface area contributed by atoms with Crippen LogP contribution in [0.3, 0.4) is 0 Å². The highest BCUT2D eigenvalue weighted by Gasteiger charge is 2.15. The number of benzene rings is 1. The molecule has 0 unspecified atom stereocenters. The van der Waals surface area contributed by atoms with Gasteiger partial charge in [-0.15, -0.1) is 0 Å². The maximum absolute atomic E-state index is 12.0. The van der Waals surface area contributed by atoms with Crippen molar-refractivity contribution in [3.63, 3.8) is 0 Å². The van der Waals surface area contributed by atoms with Crippen LogP contribution in [0.4, 0.5) is 5.69 Å². The number of carbonyl (C=O) groups excluding carboxylic acids is 1. The smallest absolute Gasteiger partial charge is 0.257 e. The van der Waals surface area contributed by atoms with E-state index in [4.69, 9.17) is 5.14 Å². The summed E-state index contributed by atoms with van der Waals surface area (Å²) in [6, 6.07) is 7.78. The van der Waals surface area contributed by atoms with E-state index in [0.717, 1.165) is 0 Å². The van der Waals surface area contributed by atoms with Crippen LogP contribution >= 0.6 is 0 Å². The highest BCUT2D eigenvalue weighted by atomic mass is 32.2. The lowest BCUT2D eigenvalue weighted by Gasteiger charge is -2.11. The molecule has 0 radical (unpaired) electrons. The third kappa shape index (κ3) is 3.01. The number of hydrogen-bond acceptors (Lipinski definition) is 4. The number of rotatable bonds is 3. The summed E-state index contributed by atoms with van der Waals surface area (Å²) in [6.07, 6.45) is 2.98. The predicted octanol–water partition coefficient (Wildman–Crippen LogP) is 1.29. The first-order valence-electron chi connectivity index (χ1n) is 5.73. The van der Waals surface area contributed by atoms with E-state index in [9.17, 15) is 13.2 Å². The molecule has 0 spiro atoms. The summed E-state index contributed by atoms with van der Waals surface area (Å²) in [5.74, 6) is -0.368. The molecule has 1 aromatic heterocycles. The molecule has 0 aliphatic carbocycles. The van der Waals surface area contributed by atoms with Crippen molar-refractivity contribution < 1.29 is 13.2 Å². The summed E-state index contributed by atoms with van der Waals surface area (Å²) in [7, 11) is -3.82. The standard InChI is InChI=1S/C13H13N3O3S/c1-9-11(5-2-6-12(9)20(14,18)19)16-13(17)10-4-3-7-15-8-10/h2-8H,1H3,(H,16,17)(H2,14,18,19). The van der Waals surface area contributed by atoms with Crippen LogP contribution < -0.4 is 10.5 Å². The van der Waals surface area contributed by atoms with Crippen LogP contribution in [0.15, 0.2) is 47.6 Å². The van der Waals surface area contributed by atoms with Crippen LogP contribution in [-0.4, -0.2) is 19.3 Å². The first-order chi connectivity index (χ1) is 9.39. The molecule has 0 saturated heterocycles. The fourth-order valence-electron chi connectivity index (χ4n) is 1.75. The lowest BCUT2D eigenvalue weighted by atomic mass is 10.2. The Labute approximate surface area is 116 Å². The third-order valence-corrected chi connectivity index (χ3v) is 3.82. The monoisotopic (exact) mass is 291 g/mol. The van der Waals surface area contributed by atoms with Crippen LogP contribution in [-0.2, 0) is 10.0 Å².